The van der Waals surface area contributed by atoms with E-state index in [1.807, 2.05) is 6.92 Å². The molecule has 0 aliphatic rings. The first kappa shape index (κ1) is 14.3. The van der Waals surface area contributed by atoms with Crippen molar-refractivity contribution in [3.8, 4) is 11.6 Å². The molecule has 0 aliphatic carbocycles. The van der Waals surface area contributed by atoms with Crippen LogP contribution in [-0.4, -0.2) is 26.0 Å². The molecule has 0 radical (unpaired) electrons. The van der Waals surface area contributed by atoms with Crippen LogP contribution in [0.5, 0.6) is 0 Å². The topological polar surface area (TPSA) is 124 Å². The van der Waals surface area contributed by atoms with E-state index in [-0.39, 0.29) is 21.8 Å². The maximum atomic E-state index is 11.9. The van der Waals surface area contributed by atoms with Gasteiger partial charge in [0.2, 0.25) is 0 Å². The normalized spacial score (nSPS) is 10.6. The molecule has 0 unspecified atom stereocenters. The molecule has 0 saturated carbocycles. The van der Waals surface area contributed by atoms with E-state index in [0.717, 1.165) is 16.3 Å². The van der Waals surface area contributed by atoms with Crippen LogP contribution in [0.15, 0.2) is 21.9 Å². The Hall–Kier alpha value is -2.66. The molecule has 3 heterocycles. The van der Waals surface area contributed by atoms with E-state index in [0.29, 0.717) is 5.69 Å². The van der Waals surface area contributed by atoms with Crippen molar-refractivity contribution in [3.63, 3.8) is 0 Å². The number of aromatic nitrogens is 3. The SMILES string of the molecule is Cc1nc(-c2nnc(NC(=O)c3ccc([N+](=O)[O-])s3)o2)cs1. The highest BCUT2D eigenvalue weighted by Crippen LogP contribution is 2.25. The number of nitrogens with one attached hydrogen (secondary N) is 1. The molecule has 3 rings (SSSR count). The van der Waals surface area contributed by atoms with Gasteiger partial charge in [0.15, 0.2) is 0 Å². The number of carbonyl (C=O) groups excluding carboxylic acids is 1. The van der Waals surface area contributed by atoms with Crippen molar-refractivity contribution in [3.05, 3.63) is 37.5 Å². The molecule has 0 atom stereocenters. The van der Waals surface area contributed by atoms with Crippen molar-refractivity contribution < 1.29 is 14.1 Å². The molecule has 3 aromatic rings. The summed E-state index contributed by atoms with van der Waals surface area (Å²) in [6, 6.07) is 2.53. The van der Waals surface area contributed by atoms with Gasteiger partial charge in [0, 0.05) is 11.4 Å². The predicted octanol–water partition coefficient (Wildman–Crippen LogP) is 2.72. The van der Waals surface area contributed by atoms with E-state index >= 15 is 0 Å². The maximum absolute atomic E-state index is 11.9. The number of anilines is 1. The average molecular weight is 337 g/mol. The monoisotopic (exact) mass is 337 g/mol. The minimum absolute atomic E-state index is 0.0956. The Morgan fingerprint density at radius 1 is 1.41 bits per heavy atom. The zero-order valence-corrected chi connectivity index (χ0v) is 12.6. The van der Waals surface area contributed by atoms with Gasteiger partial charge in [-0.15, -0.1) is 16.4 Å². The molecule has 1 amide bonds. The number of hydrogen-bond donors (Lipinski definition) is 1. The van der Waals surface area contributed by atoms with Crippen LogP contribution in [0.25, 0.3) is 11.6 Å². The molecule has 0 saturated heterocycles. The Balaban J connectivity index is 1.74. The summed E-state index contributed by atoms with van der Waals surface area (Å²) in [5, 5.41) is 23.0. The molecule has 0 bridgehead atoms. The van der Waals surface area contributed by atoms with E-state index in [9.17, 15) is 14.9 Å². The summed E-state index contributed by atoms with van der Waals surface area (Å²) < 4.78 is 5.29. The molecule has 0 aliphatic heterocycles. The largest absolute Gasteiger partial charge is 0.401 e. The van der Waals surface area contributed by atoms with Crippen LogP contribution >= 0.6 is 22.7 Å². The van der Waals surface area contributed by atoms with Gasteiger partial charge in [0.05, 0.1) is 14.8 Å². The van der Waals surface area contributed by atoms with Gasteiger partial charge in [-0.2, -0.15) is 0 Å². The van der Waals surface area contributed by atoms with E-state index in [1.165, 1.54) is 23.5 Å². The van der Waals surface area contributed by atoms with Crippen LogP contribution in [0.1, 0.15) is 14.7 Å². The quantitative estimate of drug-likeness (QED) is 0.573. The third-order valence-corrected chi connectivity index (χ3v) is 4.29. The first-order valence-electron chi connectivity index (χ1n) is 5.84. The molecular formula is C11H7N5O4S2. The summed E-state index contributed by atoms with van der Waals surface area (Å²) in [7, 11) is 0. The first-order valence-corrected chi connectivity index (χ1v) is 7.54. The highest BCUT2D eigenvalue weighted by Gasteiger charge is 2.18. The van der Waals surface area contributed by atoms with Gasteiger partial charge in [0.1, 0.15) is 5.69 Å². The van der Waals surface area contributed by atoms with Crippen LogP contribution in [0.4, 0.5) is 11.0 Å². The third-order valence-electron chi connectivity index (χ3n) is 2.48. The average Bonchev–Trinajstić information content (AvgIpc) is 3.17. The lowest BCUT2D eigenvalue weighted by molar-refractivity contribution is -0.380. The smallest absolute Gasteiger partial charge is 0.324 e. The van der Waals surface area contributed by atoms with Crippen molar-refractivity contribution in [1.29, 1.82) is 0 Å². The molecule has 1 N–H and O–H groups in total. The lowest BCUT2D eigenvalue weighted by atomic mass is 10.4. The van der Waals surface area contributed by atoms with Gasteiger partial charge in [0.25, 0.3) is 11.8 Å². The van der Waals surface area contributed by atoms with Crippen LogP contribution in [0.3, 0.4) is 0 Å². The number of nitro groups is 1. The molecule has 9 nitrogen and oxygen atoms in total. The Morgan fingerprint density at radius 2 is 2.23 bits per heavy atom. The van der Waals surface area contributed by atoms with Crippen molar-refractivity contribution in [2.45, 2.75) is 6.92 Å². The van der Waals surface area contributed by atoms with E-state index in [4.69, 9.17) is 4.42 Å². The minimum Gasteiger partial charge on any atom is -0.401 e. The van der Waals surface area contributed by atoms with Crippen LogP contribution in [0.2, 0.25) is 0 Å². The molecule has 112 valence electrons. The number of thiazole rings is 1. The number of carbonyl (C=O) groups is 1. The van der Waals surface area contributed by atoms with E-state index in [1.54, 1.807) is 5.38 Å². The van der Waals surface area contributed by atoms with Gasteiger partial charge in [-0.3, -0.25) is 20.2 Å². The molecule has 0 aromatic carbocycles. The van der Waals surface area contributed by atoms with Gasteiger partial charge >= 0.3 is 11.0 Å². The molecule has 11 heteroatoms. The van der Waals surface area contributed by atoms with Gasteiger partial charge < -0.3 is 4.42 Å². The van der Waals surface area contributed by atoms with E-state index < -0.39 is 10.8 Å². The summed E-state index contributed by atoms with van der Waals surface area (Å²) in [6.07, 6.45) is 0. The standard InChI is InChI=1S/C11H7N5O4S2/c1-5-12-6(4-21-5)10-14-15-11(20-10)13-9(17)7-2-3-8(22-7)16(18)19/h2-4H,1H3,(H,13,15,17). The predicted molar refractivity (Wildman–Crippen MR) is 79.1 cm³/mol. The Morgan fingerprint density at radius 3 is 2.86 bits per heavy atom. The molecule has 22 heavy (non-hydrogen) atoms. The second-order valence-corrected chi connectivity index (χ2v) is 6.14. The van der Waals surface area contributed by atoms with Gasteiger partial charge in [-0.05, 0) is 13.0 Å². The highest BCUT2D eigenvalue weighted by atomic mass is 32.1. The number of aryl methyl sites for hydroxylation is 1. The number of amides is 1. The van der Waals surface area contributed by atoms with Crippen molar-refractivity contribution >= 4 is 39.6 Å². The molecule has 0 fully saturated rings. The molecular weight excluding hydrogens is 330 g/mol. The summed E-state index contributed by atoms with van der Waals surface area (Å²) in [5.74, 6) is -0.362. The molecule has 0 spiro atoms. The minimum atomic E-state index is -0.559. The fraction of sp³-hybridized carbons (Fsp3) is 0.0909. The van der Waals surface area contributed by atoms with Crippen molar-refractivity contribution in [1.82, 2.24) is 15.2 Å². The number of rotatable bonds is 4. The third kappa shape index (κ3) is 2.84. The number of thiophene rings is 1. The van der Waals surface area contributed by atoms with Crippen molar-refractivity contribution in [2.24, 2.45) is 0 Å². The number of hydrogen-bond acceptors (Lipinski definition) is 9. The second kappa shape index (κ2) is 5.61. The first-order chi connectivity index (χ1) is 10.5. The zero-order chi connectivity index (χ0) is 15.7. The second-order valence-electron chi connectivity index (χ2n) is 4.01. The zero-order valence-electron chi connectivity index (χ0n) is 11.0. The van der Waals surface area contributed by atoms with Crippen molar-refractivity contribution in [2.75, 3.05) is 5.32 Å². The summed E-state index contributed by atoms with van der Waals surface area (Å²) in [6.45, 7) is 1.84. The lowest BCUT2D eigenvalue weighted by Gasteiger charge is -1.95. The van der Waals surface area contributed by atoms with Gasteiger partial charge in [-0.25, -0.2) is 4.98 Å². The maximum Gasteiger partial charge on any atom is 0.324 e. The summed E-state index contributed by atoms with van der Waals surface area (Å²) in [5.41, 5.74) is 0.530. The fourth-order valence-electron chi connectivity index (χ4n) is 1.55. The van der Waals surface area contributed by atoms with Gasteiger partial charge in [-0.1, -0.05) is 16.4 Å². The summed E-state index contributed by atoms with van der Waals surface area (Å²) in [4.78, 5) is 26.3. The Bertz CT molecular complexity index is 852. The highest BCUT2D eigenvalue weighted by molar-refractivity contribution is 7.17. The van der Waals surface area contributed by atoms with Crippen LogP contribution in [0, 0.1) is 17.0 Å². The Kier molecular flexibility index (Phi) is 3.65. The fourth-order valence-corrected chi connectivity index (χ4v) is 2.85. The summed E-state index contributed by atoms with van der Waals surface area (Å²) >= 11 is 2.20. The lowest BCUT2D eigenvalue weighted by Crippen LogP contribution is -2.10. The molecule has 3 aromatic heterocycles. The van der Waals surface area contributed by atoms with E-state index in [2.05, 4.69) is 20.5 Å². The van der Waals surface area contributed by atoms with Crippen LogP contribution < -0.4 is 5.32 Å². The number of nitrogens with zero attached hydrogens (tertiary/aromatic N) is 4. The van der Waals surface area contributed by atoms with Crippen LogP contribution in [-0.2, 0) is 0 Å². The Labute approximate surface area is 130 Å².